The monoisotopic (exact) mass is 257 g/mol. The molecule has 0 aliphatic carbocycles. The third kappa shape index (κ3) is 2.29. The van der Waals surface area contributed by atoms with Crippen molar-refractivity contribution < 1.29 is 9.90 Å². The smallest absolute Gasteiger partial charge is 0.265 e. The summed E-state index contributed by atoms with van der Waals surface area (Å²) in [4.78, 5) is 24.4. The fourth-order valence-electron chi connectivity index (χ4n) is 1.87. The highest BCUT2D eigenvalue weighted by Gasteiger charge is 2.19. The molecule has 2 aromatic rings. The van der Waals surface area contributed by atoms with E-state index in [-0.39, 0.29) is 11.3 Å². The number of ketones is 1. The van der Waals surface area contributed by atoms with Gasteiger partial charge in [-0.05, 0) is 13.8 Å². The predicted molar refractivity (Wildman–Crippen MR) is 72.7 cm³/mol. The van der Waals surface area contributed by atoms with Crippen LogP contribution in [0, 0.1) is 13.8 Å². The zero-order chi connectivity index (χ0) is 14.2. The number of rotatable bonds is 2. The summed E-state index contributed by atoms with van der Waals surface area (Å²) in [7, 11) is 1.57. The SMILES string of the molecule is Cc1ccc(C(=O)c2c(O)cc(C)n(C)c2=O)cc1. The zero-order valence-electron chi connectivity index (χ0n) is 11.1. The van der Waals surface area contributed by atoms with Crippen LogP contribution >= 0.6 is 0 Å². The molecule has 0 radical (unpaired) electrons. The predicted octanol–water partition coefficient (Wildman–Crippen LogP) is 1.94. The van der Waals surface area contributed by atoms with E-state index in [1.54, 1.807) is 38.2 Å². The Morgan fingerprint density at radius 2 is 1.74 bits per heavy atom. The Balaban J connectivity index is 2.60. The Labute approximate surface area is 110 Å². The molecule has 2 rings (SSSR count). The molecule has 0 amide bonds. The zero-order valence-corrected chi connectivity index (χ0v) is 11.1. The number of aromatic hydroxyl groups is 1. The van der Waals surface area contributed by atoms with Gasteiger partial charge in [-0.25, -0.2) is 0 Å². The molecule has 0 bridgehead atoms. The largest absolute Gasteiger partial charge is 0.507 e. The number of carbonyl (C=O) groups excluding carboxylic acids is 1. The van der Waals surface area contributed by atoms with Gasteiger partial charge in [-0.1, -0.05) is 29.8 Å². The minimum absolute atomic E-state index is 0.183. The molecule has 0 aliphatic rings. The normalized spacial score (nSPS) is 10.5. The Morgan fingerprint density at radius 3 is 2.32 bits per heavy atom. The van der Waals surface area contributed by atoms with E-state index in [1.165, 1.54) is 10.6 Å². The van der Waals surface area contributed by atoms with Crippen LogP contribution in [-0.2, 0) is 7.05 Å². The van der Waals surface area contributed by atoms with Gasteiger partial charge in [0, 0.05) is 24.4 Å². The number of pyridine rings is 1. The van der Waals surface area contributed by atoms with Gasteiger partial charge in [0.2, 0.25) is 5.78 Å². The van der Waals surface area contributed by atoms with Crippen molar-refractivity contribution in [2.45, 2.75) is 13.8 Å². The van der Waals surface area contributed by atoms with E-state index in [0.717, 1.165) is 5.56 Å². The second kappa shape index (κ2) is 4.72. The molecule has 4 nitrogen and oxygen atoms in total. The molecule has 0 saturated heterocycles. The van der Waals surface area contributed by atoms with Crippen LogP contribution in [0.3, 0.4) is 0 Å². The quantitative estimate of drug-likeness (QED) is 0.836. The first-order chi connectivity index (χ1) is 8.91. The summed E-state index contributed by atoms with van der Waals surface area (Å²) < 4.78 is 1.35. The maximum atomic E-state index is 12.3. The van der Waals surface area contributed by atoms with E-state index in [2.05, 4.69) is 0 Å². The van der Waals surface area contributed by atoms with Crippen LogP contribution in [0.1, 0.15) is 27.2 Å². The maximum absolute atomic E-state index is 12.3. The molecule has 1 heterocycles. The third-order valence-electron chi connectivity index (χ3n) is 3.19. The Morgan fingerprint density at radius 1 is 1.16 bits per heavy atom. The minimum Gasteiger partial charge on any atom is -0.507 e. The average Bonchev–Trinajstić information content (AvgIpc) is 2.37. The lowest BCUT2D eigenvalue weighted by Gasteiger charge is -2.09. The summed E-state index contributed by atoms with van der Waals surface area (Å²) in [5, 5.41) is 9.85. The molecule has 19 heavy (non-hydrogen) atoms. The Bertz CT molecular complexity index is 697. The minimum atomic E-state index is -0.483. The van der Waals surface area contributed by atoms with Crippen molar-refractivity contribution in [3.63, 3.8) is 0 Å². The number of benzene rings is 1. The highest BCUT2D eigenvalue weighted by atomic mass is 16.3. The van der Waals surface area contributed by atoms with Gasteiger partial charge in [0.1, 0.15) is 11.3 Å². The van der Waals surface area contributed by atoms with Crippen molar-refractivity contribution in [3.8, 4) is 5.75 Å². The summed E-state index contributed by atoms with van der Waals surface area (Å²) in [5.74, 6) is -0.732. The van der Waals surface area contributed by atoms with Crippen LogP contribution in [0.4, 0.5) is 0 Å². The van der Waals surface area contributed by atoms with Gasteiger partial charge in [-0.15, -0.1) is 0 Å². The molecular formula is C15H15NO3. The van der Waals surface area contributed by atoms with Gasteiger partial charge < -0.3 is 9.67 Å². The Hall–Kier alpha value is -2.36. The maximum Gasteiger partial charge on any atom is 0.265 e. The van der Waals surface area contributed by atoms with Crippen molar-refractivity contribution in [2.75, 3.05) is 0 Å². The molecule has 1 N–H and O–H groups in total. The molecule has 1 aromatic heterocycles. The van der Waals surface area contributed by atoms with Crippen LogP contribution in [0.5, 0.6) is 5.75 Å². The fourth-order valence-corrected chi connectivity index (χ4v) is 1.87. The first kappa shape index (κ1) is 13.1. The van der Waals surface area contributed by atoms with Crippen molar-refractivity contribution in [1.29, 1.82) is 0 Å². The fraction of sp³-hybridized carbons (Fsp3) is 0.200. The molecule has 0 spiro atoms. The standard InChI is InChI=1S/C15H15NO3/c1-9-4-6-11(7-5-9)14(18)13-12(17)8-10(2)16(3)15(13)19/h4-8,17H,1-3H3. The van der Waals surface area contributed by atoms with E-state index in [4.69, 9.17) is 0 Å². The molecule has 0 fully saturated rings. The van der Waals surface area contributed by atoms with Gasteiger partial charge in [-0.2, -0.15) is 0 Å². The summed E-state index contributed by atoms with van der Waals surface area (Å²) >= 11 is 0. The summed E-state index contributed by atoms with van der Waals surface area (Å²) in [6, 6.07) is 8.31. The van der Waals surface area contributed by atoms with Crippen LogP contribution in [0.2, 0.25) is 0 Å². The number of hydrogen-bond acceptors (Lipinski definition) is 3. The summed E-state index contributed by atoms with van der Waals surface area (Å²) in [6.07, 6.45) is 0. The van der Waals surface area contributed by atoms with Crippen molar-refractivity contribution >= 4 is 5.78 Å². The van der Waals surface area contributed by atoms with Gasteiger partial charge in [0.25, 0.3) is 5.56 Å². The molecule has 98 valence electrons. The van der Waals surface area contributed by atoms with Gasteiger partial charge in [-0.3, -0.25) is 9.59 Å². The van der Waals surface area contributed by atoms with E-state index < -0.39 is 11.3 Å². The number of carbonyl (C=O) groups is 1. The third-order valence-corrected chi connectivity index (χ3v) is 3.19. The lowest BCUT2D eigenvalue weighted by molar-refractivity contribution is 0.103. The van der Waals surface area contributed by atoms with Crippen molar-refractivity contribution in [2.24, 2.45) is 7.05 Å². The highest BCUT2D eigenvalue weighted by Crippen LogP contribution is 2.18. The molecule has 0 unspecified atom stereocenters. The van der Waals surface area contributed by atoms with E-state index in [1.807, 2.05) is 6.92 Å². The molecule has 0 saturated carbocycles. The van der Waals surface area contributed by atoms with Gasteiger partial charge in [0.15, 0.2) is 0 Å². The molecular weight excluding hydrogens is 242 g/mol. The van der Waals surface area contributed by atoms with Crippen LogP contribution in [0.15, 0.2) is 35.1 Å². The lowest BCUT2D eigenvalue weighted by atomic mass is 10.0. The second-order valence-corrected chi connectivity index (χ2v) is 4.61. The van der Waals surface area contributed by atoms with Crippen molar-refractivity contribution in [1.82, 2.24) is 4.57 Å². The van der Waals surface area contributed by atoms with E-state index in [0.29, 0.717) is 11.3 Å². The summed E-state index contributed by atoms with van der Waals surface area (Å²) in [6.45, 7) is 3.61. The number of aromatic nitrogens is 1. The van der Waals surface area contributed by atoms with E-state index >= 15 is 0 Å². The first-order valence-corrected chi connectivity index (χ1v) is 5.92. The average molecular weight is 257 g/mol. The topological polar surface area (TPSA) is 59.3 Å². The van der Waals surface area contributed by atoms with Gasteiger partial charge >= 0.3 is 0 Å². The Kier molecular flexibility index (Phi) is 3.25. The molecule has 4 heteroatoms. The van der Waals surface area contributed by atoms with Crippen molar-refractivity contribution in [3.05, 3.63) is 63.1 Å². The van der Waals surface area contributed by atoms with Crippen LogP contribution in [0.25, 0.3) is 0 Å². The number of hydrogen-bond donors (Lipinski definition) is 1. The molecule has 0 atom stereocenters. The lowest BCUT2D eigenvalue weighted by Crippen LogP contribution is -2.26. The number of nitrogens with zero attached hydrogens (tertiary/aromatic N) is 1. The second-order valence-electron chi connectivity index (χ2n) is 4.61. The number of aryl methyl sites for hydroxylation is 2. The molecule has 1 aromatic carbocycles. The first-order valence-electron chi connectivity index (χ1n) is 5.92. The summed E-state index contributed by atoms with van der Waals surface area (Å²) in [5.41, 5.74) is 1.35. The van der Waals surface area contributed by atoms with E-state index in [9.17, 15) is 14.7 Å². The van der Waals surface area contributed by atoms with Gasteiger partial charge in [0.05, 0.1) is 0 Å². The molecule has 0 aliphatic heterocycles. The highest BCUT2D eigenvalue weighted by molar-refractivity contribution is 6.10. The van der Waals surface area contributed by atoms with Crippen LogP contribution < -0.4 is 5.56 Å². The van der Waals surface area contributed by atoms with Crippen LogP contribution in [-0.4, -0.2) is 15.5 Å².